The number of amides is 4. The van der Waals surface area contributed by atoms with Crippen LogP contribution in [0.2, 0.25) is 0 Å². The first-order chi connectivity index (χ1) is 70.0. The van der Waals surface area contributed by atoms with Gasteiger partial charge in [0.2, 0.25) is 11.8 Å². The molecule has 4 atom stereocenters. The van der Waals surface area contributed by atoms with E-state index in [9.17, 15) is 36.7 Å². The van der Waals surface area contributed by atoms with Crippen LogP contribution in [0.4, 0.5) is 17.6 Å². The third-order valence-electron chi connectivity index (χ3n) is 26.5. The van der Waals surface area contributed by atoms with Gasteiger partial charge in [0.1, 0.15) is 72.7 Å². The predicted molar refractivity (Wildman–Crippen MR) is 546 cm³/mol. The van der Waals surface area contributed by atoms with Crippen LogP contribution in [0.1, 0.15) is 195 Å². The van der Waals surface area contributed by atoms with Crippen LogP contribution < -0.4 is 18.9 Å². The molecule has 0 unspecified atom stereocenters. The van der Waals surface area contributed by atoms with Gasteiger partial charge < -0.3 is 38.5 Å². The van der Waals surface area contributed by atoms with E-state index in [1.807, 2.05) is 142 Å². The van der Waals surface area contributed by atoms with E-state index in [0.29, 0.717) is 44.3 Å². The minimum absolute atomic E-state index is 0.0447. The SMILES string of the molecule is C=CC(=O)N1CCCC[C@H]1c1nc(-c2ccc(COc3cccc(C)c3)cc2)c2c(C)nccn12.C=CC(=O)N1CCCC[C@H]1c1nc(-c2ccc(OCc3cccc(F)c3F)cc2)c2c(C)nccn12.CC#CC(=O)N1CCCC[C@H]1c1nc(-c2ccc(COc3cccc(C)c3)cc2)c2c(C)nccn12.CC#CC(=O)N1CCCC[C@H]1c1nc(-c2ccc(OCc3cccc(F)c3F)cc2)c2c(C)nccn12. The predicted octanol–water partition coefficient (Wildman–Crippen LogP) is 22.9. The highest BCUT2D eigenvalue weighted by Gasteiger charge is 2.37. The Bertz CT molecular complexity index is 7560. The summed E-state index contributed by atoms with van der Waals surface area (Å²) in [4.78, 5) is 96.4. The zero-order valence-corrected chi connectivity index (χ0v) is 81.9. The fraction of sp³-hybridized carbons (Fsp3) is 0.276. The lowest BCUT2D eigenvalue weighted by molar-refractivity contribution is -0.130. The van der Waals surface area contributed by atoms with Gasteiger partial charge in [-0.1, -0.05) is 122 Å². The smallest absolute Gasteiger partial charge is 0.299 e. The number of benzene rings is 8. The molecule has 28 heteroatoms. The molecule has 8 aromatic heterocycles. The van der Waals surface area contributed by atoms with Crippen molar-refractivity contribution in [2.45, 2.75) is 183 Å². The monoisotopic (exact) mass is 1930 g/mol. The maximum Gasteiger partial charge on any atom is 0.299 e. The highest BCUT2D eigenvalue weighted by atomic mass is 19.2. The summed E-state index contributed by atoms with van der Waals surface area (Å²) >= 11 is 0. The molecule has 0 N–H and O–H groups in total. The Kier molecular flexibility index (Phi) is 31.3. The van der Waals surface area contributed by atoms with Gasteiger partial charge in [0.25, 0.3) is 11.8 Å². The van der Waals surface area contributed by atoms with E-state index in [1.54, 1.807) is 62.9 Å². The Morgan fingerprint density at radius 3 is 0.938 bits per heavy atom. The molecule has 0 aliphatic carbocycles. The zero-order chi connectivity index (χ0) is 101. The van der Waals surface area contributed by atoms with Crippen LogP contribution in [-0.4, -0.2) is 127 Å². The maximum absolute atomic E-state index is 13.9. The minimum atomic E-state index is -0.903. The van der Waals surface area contributed by atoms with Gasteiger partial charge in [-0.3, -0.25) is 56.7 Å². The summed E-state index contributed by atoms with van der Waals surface area (Å²) in [5, 5.41) is 0. The number of aryl methyl sites for hydroxylation is 6. The van der Waals surface area contributed by atoms with Crippen LogP contribution in [-0.2, 0) is 45.6 Å². The molecule has 16 aromatic rings. The fourth-order valence-electron chi connectivity index (χ4n) is 19.4. The van der Waals surface area contributed by atoms with E-state index >= 15 is 0 Å². The summed E-state index contributed by atoms with van der Waals surface area (Å²) in [5.74, 6) is 12.9. The molecule has 0 radical (unpaired) electrons. The van der Waals surface area contributed by atoms with Crippen molar-refractivity contribution >= 4 is 45.7 Å². The molecule has 4 aliphatic rings. The molecule has 144 heavy (non-hydrogen) atoms. The number of imidazole rings is 4. The van der Waals surface area contributed by atoms with Crippen molar-refractivity contribution < 1.29 is 55.7 Å². The molecule has 732 valence electrons. The molecule has 0 saturated carbocycles. The molecule has 20 rings (SSSR count). The molecule has 0 bridgehead atoms. The molecule has 4 fully saturated rings. The third kappa shape index (κ3) is 22.0. The van der Waals surface area contributed by atoms with E-state index in [2.05, 4.69) is 140 Å². The molecule has 24 nitrogen and oxygen atoms in total. The molecule has 4 aliphatic heterocycles. The van der Waals surface area contributed by atoms with E-state index in [-0.39, 0.29) is 72.1 Å². The normalized spacial score (nSPS) is 15.6. The number of carbonyl (C=O) groups excluding carboxylic acids is 4. The van der Waals surface area contributed by atoms with E-state index in [0.717, 1.165) is 232 Å². The first kappa shape index (κ1) is 99.2. The Morgan fingerprint density at radius 1 is 0.354 bits per heavy atom. The number of fused-ring (bicyclic) bond motifs is 4. The van der Waals surface area contributed by atoms with E-state index in [4.69, 9.17) is 38.9 Å². The van der Waals surface area contributed by atoms with Gasteiger partial charge >= 0.3 is 0 Å². The van der Waals surface area contributed by atoms with Crippen LogP contribution in [0.15, 0.2) is 257 Å². The third-order valence-corrected chi connectivity index (χ3v) is 26.5. The Hall–Kier alpha value is -16.4. The number of hydrogen-bond acceptors (Lipinski definition) is 16. The number of piperidine rings is 4. The molecule has 0 spiro atoms. The quantitative estimate of drug-likeness (QED) is 0.0348. The van der Waals surface area contributed by atoms with Crippen molar-refractivity contribution in [1.29, 1.82) is 0 Å². The molecule has 12 heterocycles. The second-order valence-electron chi connectivity index (χ2n) is 36.1. The summed E-state index contributed by atoms with van der Waals surface area (Å²) in [6, 6.07) is 54.9. The number of nitrogens with zero attached hydrogens (tertiary/aromatic N) is 16. The molecular formula is C116H112F4N16O8. The summed E-state index contributed by atoms with van der Waals surface area (Å²) in [7, 11) is 0. The van der Waals surface area contributed by atoms with Crippen molar-refractivity contribution in [1.82, 2.24) is 77.1 Å². The van der Waals surface area contributed by atoms with Gasteiger partial charge in [-0.15, -0.1) is 0 Å². The van der Waals surface area contributed by atoms with Crippen LogP contribution in [0.25, 0.3) is 67.1 Å². The van der Waals surface area contributed by atoms with Crippen LogP contribution in [0.3, 0.4) is 0 Å². The Labute approximate surface area is 834 Å². The average Bonchev–Trinajstić information content (AvgIpc) is 1.62. The number of carbonyl (C=O) groups is 4. The van der Waals surface area contributed by atoms with Crippen LogP contribution in [0.5, 0.6) is 23.0 Å². The summed E-state index contributed by atoms with van der Waals surface area (Å²) < 4.78 is 86.4. The number of ether oxygens (including phenoxy) is 4. The molecular weight excluding hydrogens is 1820 g/mol. The maximum atomic E-state index is 13.9. The fourth-order valence-corrected chi connectivity index (χ4v) is 19.4. The summed E-state index contributed by atoms with van der Waals surface area (Å²) in [6.45, 7) is 26.3. The summed E-state index contributed by atoms with van der Waals surface area (Å²) in [6.07, 6.45) is 28.9. The van der Waals surface area contributed by atoms with Gasteiger partial charge in [0, 0.05) is 109 Å². The number of likely N-dealkylation sites (tertiary alicyclic amines) is 4. The number of aromatic nitrogens is 12. The number of hydrogen-bond donors (Lipinski definition) is 0. The van der Waals surface area contributed by atoms with Crippen LogP contribution >= 0.6 is 0 Å². The van der Waals surface area contributed by atoms with Crippen molar-refractivity contribution in [3.8, 4) is 91.7 Å². The average molecular weight is 1930 g/mol. The Balaban J connectivity index is 0.000000132. The zero-order valence-electron chi connectivity index (χ0n) is 81.9. The van der Waals surface area contributed by atoms with Crippen molar-refractivity contribution in [2.24, 2.45) is 0 Å². The molecule has 8 aromatic carbocycles. The lowest BCUT2D eigenvalue weighted by Crippen LogP contribution is -2.38. The van der Waals surface area contributed by atoms with Gasteiger partial charge in [-0.2, -0.15) is 0 Å². The number of rotatable bonds is 22. The van der Waals surface area contributed by atoms with Gasteiger partial charge in [-0.25, -0.2) is 37.5 Å². The lowest BCUT2D eigenvalue weighted by Gasteiger charge is -2.34. The summed E-state index contributed by atoms with van der Waals surface area (Å²) in [5.41, 5.74) is 19.0. The van der Waals surface area contributed by atoms with Gasteiger partial charge in [-0.05, 0) is 264 Å². The number of halogens is 4. The van der Waals surface area contributed by atoms with E-state index < -0.39 is 23.3 Å². The van der Waals surface area contributed by atoms with Gasteiger partial charge in [0.05, 0.1) is 91.8 Å². The van der Waals surface area contributed by atoms with Crippen molar-refractivity contribution in [3.63, 3.8) is 0 Å². The van der Waals surface area contributed by atoms with Crippen molar-refractivity contribution in [2.75, 3.05) is 26.2 Å². The lowest BCUT2D eigenvalue weighted by atomic mass is 10.0. The van der Waals surface area contributed by atoms with Crippen molar-refractivity contribution in [3.05, 3.63) is 360 Å². The largest absolute Gasteiger partial charge is 0.489 e. The van der Waals surface area contributed by atoms with Gasteiger partial charge in [0.15, 0.2) is 23.3 Å². The standard InChI is InChI=1S/C30H30N4O2.C29H26F2N4O2.C29H30N4O2.C28H26F2N4O2/c1-4-8-27(35)33-17-6-5-11-26(33)30-32-28(29-22(3)31-16-18-34(29)30)24-14-12-23(13-15-24)20-36-25-10-7-9-21(2)19-25;1-3-7-25(36)34-16-5-4-10-24(34)29-33-27(28-19(2)32-15-17-35(28)29)20-11-13-22(14-12-20)37-18-21-8-6-9-23(30)26(21)31;1-4-26(34)32-16-6-5-10-25(32)29-31-27(28-21(3)30-15-17-33(28)29)23-13-11-22(12-14-23)19-35-24-9-7-8-20(2)18-24;1-3-24(35)33-15-5-4-9-23(33)28-32-26(27-18(2)31-14-16-34(27)28)19-10-12-21(13-11-19)36-17-20-7-6-8-22(29)25(20)30/h7,9-10,12-16,18-19,26H,5-6,11,17,20H2,1-3H3;6,8-9,11-15,17,24H,4-5,10,16,18H2,1-2H3;4,7-9,11-15,17-18,25H,1,5-6,10,16,19H2,2-3H3;3,6-8,10-14,16,23H,1,4-5,9,15,17H2,2H3/t26-;24-;25-;23-/m0000/s1. The minimum Gasteiger partial charge on any atom is -0.489 e. The first-order valence-electron chi connectivity index (χ1n) is 48.6. The topological polar surface area (TPSA) is 239 Å². The van der Waals surface area contributed by atoms with E-state index in [1.165, 1.54) is 47.5 Å². The second-order valence-corrected chi connectivity index (χ2v) is 36.1. The first-order valence-corrected chi connectivity index (χ1v) is 48.6. The Morgan fingerprint density at radius 2 is 0.639 bits per heavy atom. The molecule has 4 amide bonds. The second kappa shape index (κ2) is 45.5. The van der Waals surface area contributed by atoms with Crippen LogP contribution in [0, 0.1) is 88.5 Å². The highest BCUT2D eigenvalue weighted by molar-refractivity contribution is 5.95. The highest BCUT2D eigenvalue weighted by Crippen LogP contribution is 2.43. The molecule has 4 saturated heterocycles.